The van der Waals surface area contributed by atoms with E-state index in [0.29, 0.717) is 17.7 Å². The third-order valence-corrected chi connectivity index (χ3v) is 6.72. The molecule has 1 saturated heterocycles. The van der Waals surface area contributed by atoms with Crippen LogP contribution in [-0.2, 0) is 10.3 Å². The third-order valence-electron chi connectivity index (χ3n) is 6.72. The van der Waals surface area contributed by atoms with Crippen LogP contribution >= 0.6 is 0 Å². The van der Waals surface area contributed by atoms with Crippen LogP contribution in [0, 0.1) is 18.4 Å². The zero-order valence-corrected chi connectivity index (χ0v) is 14.6. The highest BCUT2D eigenvalue weighted by Crippen LogP contribution is 2.52. The van der Waals surface area contributed by atoms with E-state index in [9.17, 15) is 0 Å². The standard InChI is InChI=1S/C20H27N3O/c1-21-19-12-15(10-11-22-19)20(24-2)16-6-5-7-17(20)14-23(13-16)18-8-3-4-9-18/h10-12,16-18H,3-9,13-14H2,2H3. The van der Waals surface area contributed by atoms with Gasteiger partial charge in [-0.1, -0.05) is 25.8 Å². The van der Waals surface area contributed by atoms with E-state index in [1.165, 1.54) is 50.5 Å². The number of aromatic nitrogens is 1. The van der Waals surface area contributed by atoms with Crippen LogP contribution in [0.1, 0.15) is 50.5 Å². The molecule has 4 rings (SSSR count). The van der Waals surface area contributed by atoms with Crippen LogP contribution in [-0.4, -0.2) is 36.1 Å². The van der Waals surface area contributed by atoms with Gasteiger partial charge in [0.1, 0.15) is 6.20 Å². The molecular weight excluding hydrogens is 298 g/mol. The number of nitrogens with zero attached hydrogens (tertiary/aromatic N) is 3. The first-order valence-electron chi connectivity index (χ1n) is 9.41. The van der Waals surface area contributed by atoms with Crippen LogP contribution in [0.2, 0.25) is 0 Å². The van der Waals surface area contributed by atoms with Crippen molar-refractivity contribution in [3.8, 4) is 0 Å². The maximum Gasteiger partial charge on any atom is 0.269 e. The van der Waals surface area contributed by atoms with E-state index in [1.54, 1.807) is 6.20 Å². The summed E-state index contributed by atoms with van der Waals surface area (Å²) in [4.78, 5) is 10.5. The Morgan fingerprint density at radius 1 is 1.17 bits per heavy atom. The lowest BCUT2D eigenvalue weighted by molar-refractivity contribution is -0.174. The molecule has 0 N–H and O–H groups in total. The van der Waals surface area contributed by atoms with Crippen molar-refractivity contribution in [2.24, 2.45) is 11.8 Å². The van der Waals surface area contributed by atoms with Gasteiger partial charge in [-0.3, -0.25) is 4.90 Å². The highest BCUT2D eigenvalue weighted by atomic mass is 16.5. The fourth-order valence-corrected chi connectivity index (χ4v) is 5.68. The van der Waals surface area contributed by atoms with E-state index in [1.807, 2.05) is 13.2 Å². The number of methoxy groups -OCH3 is 1. The Labute approximate surface area is 145 Å². The fraction of sp³-hybridized carbons (Fsp3) is 0.700. The third kappa shape index (κ3) is 2.46. The number of hydrogen-bond acceptors (Lipinski definition) is 3. The lowest BCUT2D eigenvalue weighted by Gasteiger charge is -2.56. The summed E-state index contributed by atoms with van der Waals surface area (Å²) in [6.45, 7) is 9.58. The van der Waals surface area contributed by atoms with E-state index in [0.717, 1.165) is 19.1 Å². The Morgan fingerprint density at radius 2 is 1.88 bits per heavy atom. The first-order chi connectivity index (χ1) is 11.8. The van der Waals surface area contributed by atoms with Crippen LogP contribution in [0.15, 0.2) is 18.3 Å². The zero-order chi connectivity index (χ0) is 16.6. The summed E-state index contributed by atoms with van der Waals surface area (Å²) in [7, 11) is 1.87. The van der Waals surface area contributed by atoms with Crippen molar-refractivity contribution in [3.05, 3.63) is 35.3 Å². The summed E-state index contributed by atoms with van der Waals surface area (Å²) in [6, 6.07) is 4.83. The van der Waals surface area contributed by atoms with Gasteiger partial charge in [0.05, 0.1) is 5.60 Å². The number of pyridine rings is 1. The lowest BCUT2D eigenvalue weighted by Crippen LogP contribution is -2.60. The van der Waals surface area contributed by atoms with Gasteiger partial charge in [-0.2, -0.15) is 0 Å². The Bertz CT molecular complexity index is 618. The van der Waals surface area contributed by atoms with Crippen LogP contribution in [0.5, 0.6) is 0 Å². The molecule has 24 heavy (non-hydrogen) atoms. The molecule has 2 unspecified atom stereocenters. The van der Waals surface area contributed by atoms with Gasteiger partial charge in [-0.25, -0.2) is 0 Å². The Hall–Kier alpha value is -1.44. The molecule has 1 aromatic heterocycles. The highest BCUT2D eigenvalue weighted by molar-refractivity contribution is 5.41. The predicted molar refractivity (Wildman–Crippen MR) is 93.8 cm³/mol. The van der Waals surface area contributed by atoms with Gasteiger partial charge < -0.3 is 9.58 Å². The van der Waals surface area contributed by atoms with Gasteiger partial charge in [-0.05, 0) is 43.4 Å². The number of hydrogen-bond donors (Lipinski definition) is 0. The minimum Gasteiger partial charge on any atom is -0.373 e. The first-order valence-corrected chi connectivity index (χ1v) is 9.41. The summed E-state index contributed by atoms with van der Waals surface area (Å²) >= 11 is 0. The molecule has 1 aromatic rings. The van der Waals surface area contributed by atoms with Crippen molar-refractivity contribution in [2.45, 2.75) is 56.6 Å². The van der Waals surface area contributed by atoms with E-state index in [2.05, 4.69) is 20.8 Å². The van der Waals surface area contributed by atoms with Crippen molar-refractivity contribution < 1.29 is 4.74 Å². The molecule has 2 atom stereocenters. The zero-order valence-electron chi connectivity index (χ0n) is 14.6. The second-order valence-electron chi connectivity index (χ2n) is 7.73. The molecule has 128 valence electrons. The molecule has 0 radical (unpaired) electrons. The number of piperidine rings is 1. The average Bonchev–Trinajstić information content (AvgIpc) is 3.15. The summed E-state index contributed by atoms with van der Waals surface area (Å²) in [6.07, 6.45) is 11.1. The van der Waals surface area contributed by atoms with Gasteiger partial charge in [0, 0.05) is 38.1 Å². The number of rotatable bonds is 3. The predicted octanol–water partition coefficient (Wildman–Crippen LogP) is 4.15. The molecule has 4 nitrogen and oxygen atoms in total. The van der Waals surface area contributed by atoms with Crippen molar-refractivity contribution >= 4 is 5.82 Å². The van der Waals surface area contributed by atoms with Crippen molar-refractivity contribution in [3.63, 3.8) is 0 Å². The Kier molecular flexibility index (Phi) is 4.32. The van der Waals surface area contributed by atoms with Gasteiger partial charge >= 0.3 is 0 Å². The Morgan fingerprint density at radius 3 is 2.50 bits per heavy atom. The van der Waals surface area contributed by atoms with Crippen molar-refractivity contribution in [1.82, 2.24) is 9.88 Å². The molecule has 2 saturated carbocycles. The second-order valence-corrected chi connectivity index (χ2v) is 7.73. The Balaban J connectivity index is 1.68. The molecule has 0 amide bonds. The van der Waals surface area contributed by atoms with E-state index >= 15 is 0 Å². The van der Waals surface area contributed by atoms with E-state index in [4.69, 9.17) is 11.3 Å². The molecule has 3 aliphatic rings. The normalized spacial score (nSPS) is 34.2. The van der Waals surface area contributed by atoms with E-state index < -0.39 is 0 Å². The summed E-state index contributed by atoms with van der Waals surface area (Å²) in [5.74, 6) is 1.54. The molecule has 0 spiro atoms. The van der Waals surface area contributed by atoms with Crippen LogP contribution in [0.25, 0.3) is 4.85 Å². The largest absolute Gasteiger partial charge is 0.373 e. The van der Waals surface area contributed by atoms with Gasteiger partial charge in [0.2, 0.25) is 0 Å². The number of fused-ring (bicyclic) bond motifs is 2. The summed E-state index contributed by atoms with van der Waals surface area (Å²) in [5, 5.41) is 0. The second kappa shape index (κ2) is 6.46. The molecule has 2 aliphatic carbocycles. The highest BCUT2D eigenvalue weighted by Gasteiger charge is 2.54. The minimum absolute atomic E-state index is 0.226. The monoisotopic (exact) mass is 325 g/mol. The lowest BCUT2D eigenvalue weighted by atomic mass is 9.62. The van der Waals surface area contributed by atoms with Crippen molar-refractivity contribution in [2.75, 3.05) is 20.2 Å². The molecule has 3 fully saturated rings. The maximum atomic E-state index is 7.29. The SMILES string of the molecule is [C-]#[N+]c1cc(C2(OC)C3CCCC2CN(C2CCCC2)C3)ccn1. The molecular formula is C20H27N3O. The molecule has 4 heteroatoms. The van der Waals surface area contributed by atoms with Crippen molar-refractivity contribution in [1.29, 1.82) is 0 Å². The van der Waals surface area contributed by atoms with E-state index in [-0.39, 0.29) is 5.60 Å². The van der Waals surface area contributed by atoms with Crippen LogP contribution in [0.3, 0.4) is 0 Å². The molecule has 1 aliphatic heterocycles. The molecule has 2 bridgehead atoms. The molecule has 2 heterocycles. The summed E-state index contributed by atoms with van der Waals surface area (Å²) < 4.78 is 6.29. The molecule has 0 aromatic carbocycles. The van der Waals surface area contributed by atoms with Gasteiger partial charge in [0.15, 0.2) is 0 Å². The average molecular weight is 325 g/mol. The van der Waals surface area contributed by atoms with Gasteiger partial charge in [-0.15, -0.1) is 4.98 Å². The fourth-order valence-electron chi connectivity index (χ4n) is 5.68. The number of ether oxygens (including phenoxy) is 1. The smallest absolute Gasteiger partial charge is 0.269 e. The summed E-state index contributed by atoms with van der Waals surface area (Å²) in [5.41, 5.74) is 0.946. The quantitative estimate of drug-likeness (QED) is 0.782. The first kappa shape index (κ1) is 16.1. The van der Waals surface area contributed by atoms with Crippen LogP contribution in [0.4, 0.5) is 5.82 Å². The van der Waals surface area contributed by atoms with Gasteiger partial charge in [0.25, 0.3) is 5.82 Å². The maximum absolute atomic E-state index is 7.29. The topological polar surface area (TPSA) is 29.7 Å². The number of likely N-dealkylation sites (tertiary alicyclic amines) is 1. The minimum atomic E-state index is -0.226. The van der Waals surface area contributed by atoms with Crippen LogP contribution < -0.4 is 0 Å².